The normalized spacial score (nSPS) is 20.8. The van der Waals surface area contributed by atoms with Crippen molar-refractivity contribution < 1.29 is 13.2 Å². The summed E-state index contributed by atoms with van der Waals surface area (Å²) in [6, 6.07) is 0. The van der Waals surface area contributed by atoms with Gasteiger partial charge in [0.1, 0.15) is 5.82 Å². The molecule has 22 heavy (non-hydrogen) atoms. The monoisotopic (exact) mass is 323 g/mol. The zero-order chi connectivity index (χ0) is 15.8. The average Bonchev–Trinajstić information content (AvgIpc) is 3.22. The van der Waals surface area contributed by atoms with Gasteiger partial charge in [-0.3, -0.25) is 4.79 Å². The molecule has 2 aliphatic carbocycles. The van der Waals surface area contributed by atoms with Crippen LogP contribution in [0, 0.1) is 0 Å². The molecule has 1 aromatic rings. The maximum absolute atomic E-state index is 12.2. The summed E-state index contributed by atoms with van der Waals surface area (Å²) in [6.45, 7) is 0.162. The Labute approximate surface area is 130 Å². The van der Waals surface area contributed by atoms with Crippen LogP contribution in [0.4, 0.5) is 0 Å². The highest BCUT2D eigenvalue weighted by Crippen LogP contribution is 2.37. The molecule has 3 rings (SSSR count). The van der Waals surface area contributed by atoms with E-state index in [1.165, 1.54) is 18.6 Å². The number of carbonyl (C=O) groups is 1. The van der Waals surface area contributed by atoms with E-state index in [0.717, 1.165) is 31.5 Å². The first-order chi connectivity index (χ1) is 10.4. The summed E-state index contributed by atoms with van der Waals surface area (Å²) in [6.07, 6.45) is 9.55. The highest BCUT2D eigenvalue weighted by molar-refractivity contribution is 7.92. The largest absolute Gasteiger partial charge is 0.350 e. The summed E-state index contributed by atoms with van der Waals surface area (Å²) >= 11 is 0. The number of rotatable bonds is 5. The Morgan fingerprint density at radius 2 is 1.86 bits per heavy atom. The Kier molecular flexibility index (Phi) is 3.92. The molecule has 120 valence electrons. The second kappa shape index (κ2) is 5.61. The number of sulfone groups is 1. The van der Waals surface area contributed by atoms with Gasteiger partial charge in [-0.15, -0.1) is 0 Å². The van der Waals surface area contributed by atoms with Crippen LogP contribution in [0.3, 0.4) is 0 Å². The van der Waals surface area contributed by atoms with E-state index >= 15 is 0 Å². The lowest BCUT2D eigenvalue weighted by atomic mass is 10.1. The number of aromatic nitrogens is 2. The average molecular weight is 323 g/mol. The number of hydrogen-bond donors (Lipinski definition) is 1. The van der Waals surface area contributed by atoms with Gasteiger partial charge in [0, 0.05) is 31.1 Å². The molecular weight excluding hydrogens is 302 g/mol. The SMILES string of the molecule is CS(=O)(=O)C1(CNC(=O)c2cnc(C3CC3)nc2)CCCC1. The van der Waals surface area contributed by atoms with E-state index in [4.69, 9.17) is 0 Å². The van der Waals surface area contributed by atoms with Crippen molar-refractivity contribution in [2.75, 3.05) is 12.8 Å². The topological polar surface area (TPSA) is 89.0 Å². The van der Waals surface area contributed by atoms with Crippen molar-refractivity contribution in [1.82, 2.24) is 15.3 Å². The maximum atomic E-state index is 12.2. The molecule has 1 aromatic heterocycles. The van der Waals surface area contributed by atoms with Gasteiger partial charge < -0.3 is 5.32 Å². The van der Waals surface area contributed by atoms with Crippen molar-refractivity contribution in [1.29, 1.82) is 0 Å². The molecule has 6 nitrogen and oxygen atoms in total. The molecule has 0 aromatic carbocycles. The highest BCUT2D eigenvalue weighted by atomic mass is 32.2. The van der Waals surface area contributed by atoms with Crippen LogP contribution in [-0.4, -0.2) is 41.8 Å². The van der Waals surface area contributed by atoms with Crippen molar-refractivity contribution >= 4 is 15.7 Å². The van der Waals surface area contributed by atoms with Crippen LogP contribution in [0.25, 0.3) is 0 Å². The third-order valence-corrected chi connectivity index (χ3v) is 6.87. The molecule has 0 aliphatic heterocycles. The Hall–Kier alpha value is -1.50. The van der Waals surface area contributed by atoms with Crippen LogP contribution in [0.15, 0.2) is 12.4 Å². The minimum atomic E-state index is -3.20. The van der Waals surface area contributed by atoms with Gasteiger partial charge in [0.25, 0.3) is 5.91 Å². The zero-order valence-electron chi connectivity index (χ0n) is 12.7. The fraction of sp³-hybridized carbons (Fsp3) is 0.667. The molecule has 0 saturated heterocycles. The van der Waals surface area contributed by atoms with Crippen LogP contribution in [0.2, 0.25) is 0 Å². The third kappa shape index (κ3) is 2.99. The molecule has 2 saturated carbocycles. The van der Waals surface area contributed by atoms with Crippen molar-refractivity contribution in [3.63, 3.8) is 0 Å². The van der Waals surface area contributed by atoms with Crippen molar-refractivity contribution in [3.8, 4) is 0 Å². The van der Waals surface area contributed by atoms with Gasteiger partial charge in [-0.1, -0.05) is 12.8 Å². The van der Waals surface area contributed by atoms with E-state index in [1.54, 1.807) is 0 Å². The van der Waals surface area contributed by atoms with E-state index in [9.17, 15) is 13.2 Å². The van der Waals surface area contributed by atoms with Gasteiger partial charge in [0.2, 0.25) is 0 Å². The van der Waals surface area contributed by atoms with Crippen LogP contribution in [-0.2, 0) is 9.84 Å². The zero-order valence-corrected chi connectivity index (χ0v) is 13.5. The number of nitrogens with one attached hydrogen (secondary N) is 1. The van der Waals surface area contributed by atoms with Crippen molar-refractivity contribution in [2.45, 2.75) is 49.2 Å². The molecule has 0 bridgehead atoms. The quantitative estimate of drug-likeness (QED) is 0.885. The third-order valence-electron chi connectivity index (χ3n) is 4.75. The first-order valence-corrected chi connectivity index (χ1v) is 9.60. The molecule has 1 heterocycles. The summed E-state index contributed by atoms with van der Waals surface area (Å²) in [5, 5.41) is 2.75. The van der Waals surface area contributed by atoms with E-state index in [1.807, 2.05) is 0 Å². The Morgan fingerprint density at radius 1 is 1.27 bits per heavy atom. The molecule has 2 aliphatic rings. The standard InChI is InChI=1S/C15H21N3O3S/c1-22(20,21)15(6-2-3-7-15)10-18-14(19)12-8-16-13(17-9-12)11-4-5-11/h8-9,11H,2-7,10H2,1H3,(H,18,19). The lowest BCUT2D eigenvalue weighted by molar-refractivity contribution is 0.0948. The van der Waals surface area contributed by atoms with E-state index < -0.39 is 14.6 Å². The van der Waals surface area contributed by atoms with Crippen molar-refractivity contribution in [3.05, 3.63) is 23.8 Å². The lowest BCUT2D eigenvalue weighted by Crippen LogP contribution is -2.46. The fourth-order valence-electron chi connectivity index (χ4n) is 3.05. The minimum absolute atomic E-state index is 0.162. The smallest absolute Gasteiger partial charge is 0.254 e. The molecule has 0 spiro atoms. The Balaban J connectivity index is 1.66. The van der Waals surface area contributed by atoms with Crippen LogP contribution in [0.5, 0.6) is 0 Å². The van der Waals surface area contributed by atoms with Gasteiger partial charge in [-0.2, -0.15) is 0 Å². The fourth-order valence-corrected chi connectivity index (χ4v) is 4.41. The number of amides is 1. The van der Waals surface area contributed by atoms with Gasteiger partial charge in [0.05, 0.1) is 10.3 Å². The summed E-state index contributed by atoms with van der Waals surface area (Å²) in [5.41, 5.74) is 0.381. The first kappa shape index (κ1) is 15.4. The molecule has 0 atom stereocenters. The van der Waals surface area contributed by atoms with Crippen molar-refractivity contribution in [2.24, 2.45) is 0 Å². The highest BCUT2D eigenvalue weighted by Gasteiger charge is 2.43. The maximum Gasteiger partial charge on any atom is 0.254 e. The summed E-state index contributed by atoms with van der Waals surface area (Å²) in [5.74, 6) is 0.932. The van der Waals surface area contributed by atoms with Crippen LogP contribution in [0.1, 0.15) is 60.6 Å². The molecule has 2 fully saturated rings. The summed E-state index contributed by atoms with van der Waals surface area (Å²) in [4.78, 5) is 20.6. The predicted molar refractivity (Wildman–Crippen MR) is 82.4 cm³/mol. The van der Waals surface area contributed by atoms with Gasteiger partial charge >= 0.3 is 0 Å². The molecule has 1 N–H and O–H groups in total. The first-order valence-electron chi connectivity index (χ1n) is 7.71. The van der Waals surface area contributed by atoms with Crippen LogP contribution < -0.4 is 5.32 Å². The molecule has 0 radical (unpaired) electrons. The predicted octanol–water partition coefficient (Wildman–Crippen LogP) is 1.44. The Bertz CT molecular complexity index is 660. The number of carbonyl (C=O) groups excluding carboxylic acids is 1. The van der Waals surface area contributed by atoms with Crippen LogP contribution >= 0.6 is 0 Å². The number of nitrogens with zero attached hydrogens (tertiary/aromatic N) is 2. The van der Waals surface area contributed by atoms with E-state index in [2.05, 4.69) is 15.3 Å². The Morgan fingerprint density at radius 3 is 2.36 bits per heavy atom. The van der Waals surface area contributed by atoms with E-state index in [-0.39, 0.29) is 12.5 Å². The molecule has 7 heteroatoms. The molecule has 1 amide bonds. The van der Waals surface area contributed by atoms with E-state index in [0.29, 0.717) is 24.3 Å². The second-order valence-electron chi connectivity index (χ2n) is 6.45. The summed E-state index contributed by atoms with van der Waals surface area (Å²) in [7, 11) is -3.20. The van der Waals surface area contributed by atoms with Gasteiger partial charge in [0.15, 0.2) is 9.84 Å². The second-order valence-corrected chi connectivity index (χ2v) is 8.86. The minimum Gasteiger partial charge on any atom is -0.350 e. The molecular formula is C15H21N3O3S. The molecule has 0 unspecified atom stereocenters. The number of hydrogen-bond acceptors (Lipinski definition) is 5. The van der Waals surface area contributed by atoms with Gasteiger partial charge in [-0.05, 0) is 25.7 Å². The summed E-state index contributed by atoms with van der Waals surface area (Å²) < 4.78 is 23.3. The lowest BCUT2D eigenvalue weighted by Gasteiger charge is -2.27. The van der Waals surface area contributed by atoms with Gasteiger partial charge in [-0.25, -0.2) is 18.4 Å².